The third-order valence-corrected chi connectivity index (χ3v) is 4.09. The average Bonchev–Trinajstić information content (AvgIpc) is 2.95. The van der Waals surface area contributed by atoms with Crippen molar-refractivity contribution in [3.63, 3.8) is 0 Å². The van der Waals surface area contributed by atoms with Gasteiger partial charge < -0.3 is 9.47 Å². The predicted octanol–water partition coefficient (Wildman–Crippen LogP) is 3.39. The van der Waals surface area contributed by atoms with Gasteiger partial charge in [-0.3, -0.25) is 4.89 Å². The van der Waals surface area contributed by atoms with Gasteiger partial charge in [0.05, 0.1) is 13.2 Å². The van der Waals surface area contributed by atoms with Crippen LogP contribution in [0.25, 0.3) is 0 Å². The van der Waals surface area contributed by atoms with E-state index in [-0.39, 0.29) is 17.8 Å². The highest BCUT2D eigenvalue weighted by Crippen LogP contribution is 2.37. The lowest BCUT2D eigenvalue weighted by Gasteiger charge is -2.36. The molecule has 1 aliphatic rings. The first-order valence-electron chi connectivity index (χ1n) is 7.69. The Labute approximate surface area is 127 Å². The zero-order valence-electron chi connectivity index (χ0n) is 13.6. The van der Waals surface area contributed by atoms with E-state index in [0.717, 1.165) is 19.3 Å². The van der Waals surface area contributed by atoms with E-state index in [1.54, 1.807) is 6.92 Å². The second-order valence-electron chi connectivity index (χ2n) is 5.90. The van der Waals surface area contributed by atoms with Gasteiger partial charge >= 0.3 is 5.97 Å². The largest absolute Gasteiger partial charge is 0.368 e. The molecule has 0 radical (unpaired) electrons. The van der Waals surface area contributed by atoms with Crippen LogP contribution in [0.5, 0.6) is 0 Å². The molecular weight excluding hydrogens is 272 g/mol. The van der Waals surface area contributed by atoms with Gasteiger partial charge in [0.1, 0.15) is 6.10 Å². The Hall–Kier alpha value is -0.910. The van der Waals surface area contributed by atoms with E-state index in [1.807, 2.05) is 0 Å². The van der Waals surface area contributed by atoms with Crippen molar-refractivity contribution in [2.24, 2.45) is 5.41 Å². The molecule has 2 atom stereocenters. The van der Waals surface area contributed by atoms with Crippen molar-refractivity contribution in [2.45, 2.75) is 65.8 Å². The highest BCUT2D eigenvalue weighted by atomic mass is 17.2. The minimum atomic E-state index is -0.539. The summed E-state index contributed by atoms with van der Waals surface area (Å²) >= 11 is 0. The minimum absolute atomic E-state index is 0.0978. The molecule has 0 bridgehead atoms. The van der Waals surface area contributed by atoms with E-state index in [2.05, 4.69) is 27.4 Å². The lowest BCUT2D eigenvalue weighted by Crippen LogP contribution is -2.38. The Bertz CT molecular complexity index is 349. The summed E-state index contributed by atoms with van der Waals surface area (Å²) < 4.78 is 11.0. The Morgan fingerprint density at radius 1 is 1.38 bits per heavy atom. The SMILES string of the molecule is C=C(C)C(=O)OOC(CC1OCCO1)C(C)(CC)CCC. The summed E-state index contributed by atoms with van der Waals surface area (Å²) in [6.45, 7) is 12.7. The van der Waals surface area contributed by atoms with Gasteiger partial charge in [0.25, 0.3) is 0 Å². The molecule has 1 fully saturated rings. The third-order valence-electron chi connectivity index (χ3n) is 4.09. The molecule has 1 heterocycles. The van der Waals surface area contributed by atoms with Gasteiger partial charge in [-0.25, -0.2) is 4.79 Å². The first-order chi connectivity index (χ1) is 9.92. The molecule has 0 spiro atoms. The second-order valence-corrected chi connectivity index (χ2v) is 5.90. The molecule has 0 aliphatic carbocycles. The molecule has 0 saturated carbocycles. The van der Waals surface area contributed by atoms with Crippen molar-refractivity contribution in [3.05, 3.63) is 12.2 Å². The van der Waals surface area contributed by atoms with E-state index >= 15 is 0 Å². The van der Waals surface area contributed by atoms with E-state index in [0.29, 0.717) is 25.2 Å². The van der Waals surface area contributed by atoms with Crippen LogP contribution >= 0.6 is 0 Å². The number of ether oxygens (including phenoxy) is 2. The quantitative estimate of drug-likeness (QED) is 0.371. The number of carbonyl (C=O) groups is 1. The maximum absolute atomic E-state index is 11.5. The van der Waals surface area contributed by atoms with Crippen LogP contribution in [0.2, 0.25) is 0 Å². The molecule has 0 amide bonds. The maximum Gasteiger partial charge on any atom is 0.368 e. The fourth-order valence-electron chi connectivity index (χ4n) is 2.47. The summed E-state index contributed by atoms with van der Waals surface area (Å²) in [5.74, 6) is -0.539. The number of hydrogen-bond acceptors (Lipinski definition) is 5. The van der Waals surface area contributed by atoms with E-state index < -0.39 is 5.97 Å². The molecule has 1 saturated heterocycles. The predicted molar refractivity (Wildman–Crippen MR) is 79.4 cm³/mol. The minimum Gasteiger partial charge on any atom is -0.350 e. The Morgan fingerprint density at radius 3 is 2.48 bits per heavy atom. The average molecular weight is 300 g/mol. The highest BCUT2D eigenvalue weighted by Gasteiger charge is 2.37. The van der Waals surface area contributed by atoms with Crippen LogP contribution in [0.1, 0.15) is 53.4 Å². The van der Waals surface area contributed by atoms with Crippen LogP contribution in [-0.2, 0) is 24.0 Å². The molecule has 122 valence electrons. The Balaban J connectivity index is 2.71. The summed E-state index contributed by atoms with van der Waals surface area (Å²) in [6, 6.07) is 0. The van der Waals surface area contributed by atoms with Gasteiger partial charge in [-0.05, 0) is 25.2 Å². The van der Waals surface area contributed by atoms with Crippen LogP contribution in [-0.4, -0.2) is 31.6 Å². The number of hydrogen-bond donors (Lipinski definition) is 0. The van der Waals surface area contributed by atoms with Crippen molar-refractivity contribution in [1.29, 1.82) is 0 Å². The summed E-state index contributed by atoms with van der Waals surface area (Å²) in [4.78, 5) is 21.9. The zero-order chi connectivity index (χ0) is 15.9. The molecule has 2 unspecified atom stereocenters. The van der Waals surface area contributed by atoms with Crippen LogP contribution in [0, 0.1) is 5.41 Å². The van der Waals surface area contributed by atoms with Crippen molar-refractivity contribution in [2.75, 3.05) is 13.2 Å². The van der Waals surface area contributed by atoms with Gasteiger partial charge in [0.2, 0.25) is 0 Å². The van der Waals surface area contributed by atoms with Gasteiger partial charge in [0, 0.05) is 12.0 Å². The van der Waals surface area contributed by atoms with Gasteiger partial charge in [-0.2, -0.15) is 4.89 Å². The summed E-state index contributed by atoms with van der Waals surface area (Å²) in [5, 5.41) is 0. The van der Waals surface area contributed by atoms with Crippen LogP contribution < -0.4 is 0 Å². The maximum atomic E-state index is 11.5. The van der Waals surface area contributed by atoms with Crippen LogP contribution in [0.15, 0.2) is 12.2 Å². The third kappa shape index (κ3) is 5.41. The topological polar surface area (TPSA) is 54.0 Å². The molecule has 5 heteroatoms. The fourth-order valence-corrected chi connectivity index (χ4v) is 2.47. The van der Waals surface area contributed by atoms with Crippen molar-refractivity contribution in [3.8, 4) is 0 Å². The second kappa shape index (κ2) is 8.51. The van der Waals surface area contributed by atoms with Gasteiger partial charge in [0.15, 0.2) is 6.29 Å². The molecule has 0 N–H and O–H groups in total. The smallest absolute Gasteiger partial charge is 0.350 e. The van der Waals surface area contributed by atoms with Crippen molar-refractivity contribution in [1.82, 2.24) is 0 Å². The monoisotopic (exact) mass is 300 g/mol. The molecule has 1 aliphatic heterocycles. The molecular formula is C16H28O5. The van der Waals surface area contributed by atoms with E-state index in [1.165, 1.54) is 0 Å². The molecule has 5 nitrogen and oxygen atoms in total. The Kier molecular flexibility index (Phi) is 7.35. The lowest BCUT2D eigenvalue weighted by molar-refractivity contribution is -0.322. The summed E-state index contributed by atoms with van der Waals surface area (Å²) in [5.41, 5.74) is 0.218. The molecule has 0 aromatic heterocycles. The Morgan fingerprint density at radius 2 is 2.00 bits per heavy atom. The van der Waals surface area contributed by atoms with Crippen LogP contribution in [0.4, 0.5) is 0 Å². The normalized spacial score (nSPS) is 20.0. The van der Waals surface area contributed by atoms with Crippen molar-refractivity contribution < 1.29 is 24.0 Å². The van der Waals surface area contributed by atoms with E-state index in [9.17, 15) is 4.79 Å². The molecule has 0 aromatic rings. The summed E-state index contributed by atoms with van der Waals surface area (Å²) in [6.07, 6.45) is 2.92. The lowest BCUT2D eigenvalue weighted by atomic mass is 9.76. The summed E-state index contributed by atoms with van der Waals surface area (Å²) in [7, 11) is 0. The highest BCUT2D eigenvalue weighted by molar-refractivity contribution is 5.86. The van der Waals surface area contributed by atoms with Gasteiger partial charge in [-0.15, -0.1) is 0 Å². The molecule has 1 rings (SSSR count). The van der Waals surface area contributed by atoms with E-state index in [4.69, 9.17) is 19.2 Å². The standard InChI is InChI=1S/C16H28O5/c1-6-8-16(5,7-2)13(11-14-18-9-10-19-14)20-21-15(17)12(3)4/h13-14H,3,6-11H2,1-2,4-5H3. The van der Waals surface area contributed by atoms with Crippen molar-refractivity contribution >= 4 is 5.97 Å². The van der Waals surface area contributed by atoms with Crippen LogP contribution in [0.3, 0.4) is 0 Å². The molecule has 21 heavy (non-hydrogen) atoms. The number of carbonyl (C=O) groups excluding carboxylic acids is 1. The molecule has 0 aromatic carbocycles. The fraction of sp³-hybridized carbons (Fsp3) is 0.812. The van der Waals surface area contributed by atoms with Gasteiger partial charge in [-0.1, -0.05) is 33.8 Å². The number of rotatable bonds is 9. The first kappa shape index (κ1) is 18.1. The first-order valence-corrected chi connectivity index (χ1v) is 7.69. The zero-order valence-corrected chi connectivity index (χ0v) is 13.6.